The Morgan fingerprint density at radius 2 is 1.46 bits per heavy atom. The van der Waals surface area contributed by atoms with Crippen molar-refractivity contribution in [2.24, 2.45) is 5.41 Å². The van der Waals surface area contributed by atoms with Crippen molar-refractivity contribution >= 4 is 11.8 Å². The van der Waals surface area contributed by atoms with E-state index < -0.39 is 5.41 Å². The molecule has 5 nitrogen and oxygen atoms in total. The van der Waals surface area contributed by atoms with Crippen molar-refractivity contribution in [3.05, 3.63) is 65.5 Å². The molecular formula is C22H25FN2O3. The zero-order valence-electron chi connectivity index (χ0n) is 16.0. The molecule has 1 aliphatic rings. The molecule has 2 amide bonds. The summed E-state index contributed by atoms with van der Waals surface area (Å²) in [7, 11) is 1.61. The molecule has 0 radical (unpaired) electrons. The minimum absolute atomic E-state index is 0.245. The Bertz CT molecular complexity index is 849. The number of halogens is 1. The van der Waals surface area contributed by atoms with Crippen LogP contribution in [0.15, 0.2) is 48.5 Å². The maximum atomic E-state index is 13.6. The average Bonchev–Trinajstić information content (AvgIpc) is 3.52. The lowest BCUT2D eigenvalue weighted by atomic mass is 10.0. The van der Waals surface area contributed by atoms with Gasteiger partial charge in [-0.15, -0.1) is 0 Å². The molecule has 3 rings (SSSR count). The summed E-state index contributed by atoms with van der Waals surface area (Å²) >= 11 is 0. The number of ether oxygens (including phenoxy) is 1. The number of rotatable bonds is 9. The van der Waals surface area contributed by atoms with Gasteiger partial charge in [-0.25, -0.2) is 4.39 Å². The lowest BCUT2D eigenvalue weighted by Gasteiger charge is -2.16. The number of benzene rings is 2. The van der Waals surface area contributed by atoms with Gasteiger partial charge in [-0.3, -0.25) is 9.59 Å². The third-order valence-corrected chi connectivity index (χ3v) is 5.13. The molecule has 28 heavy (non-hydrogen) atoms. The van der Waals surface area contributed by atoms with Crippen molar-refractivity contribution in [2.45, 2.75) is 25.7 Å². The highest BCUT2D eigenvalue weighted by Gasteiger charge is 2.56. The van der Waals surface area contributed by atoms with Crippen LogP contribution in [0.1, 0.15) is 24.0 Å². The van der Waals surface area contributed by atoms with Crippen LogP contribution < -0.4 is 15.4 Å². The molecule has 0 heterocycles. The van der Waals surface area contributed by atoms with Gasteiger partial charge in [0.15, 0.2) is 0 Å². The SMILES string of the molecule is COc1ccccc1CCNC(=O)C1(C(=O)NCCc2ccccc2F)CC1. The number of nitrogens with one attached hydrogen (secondary N) is 2. The standard InChI is InChI=1S/C22H25FN2O3/c1-28-19-9-5-3-7-17(19)11-15-25-21(27)22(12-13-22)20(26)24-14-10-16-6-2-4-8-18(16)23/h2-9H,10-15H2,1H3,(H,24,26)(H,25,27). The molecule has 0 spiro atoms. The molecular weight excluding hydrogens is 359 g/mol. The van der Waals surface area contributed by atoms with E-state index >= 15 is 0 Å². The van der Waals surface area contributed by atoms with Crippen LogP contribution >= 0.6 is 0 Å². The molecule has 0 unspecified atom stereocenters. The van der Waals surface area contributed by atoms with Crippen molar-refractivity contribution in [1.29, 1.82) is 0 Å². The number of methoxy groups -OCH3 is 1. The van der Waals surface area contributed by atoms with Crippen LogP contribution in [-0.2, 0) is 22.4 Å². The van der Waals surface area contributed by atoms with Crippen LogP contribution in [0.2, 0.25) is 0 Å². The molecule has 1 aliphatic carbocycles. The van der Waals surface area contributed by atoms with Crippen molar-refractivity contribution < 1.29 is 18.7 Å². The first-order valence-electron chi connectivity index (χ1n) is 9.49. The first-order chi connectivity index (χ1) is 13.6. The van der Waals surface area contributed by atoms with Gasteiger partial charge in [0.1, 0.15) is 17.0 Å². The van der Waals surface area contributed by atoms with Gasteiger partial charge in [-0.05, 0) is 48.9 Å². The van der Waals surface area contributed by atoms with Crippen molar-refractivity contribution in [3.63, 3.8) is 0 Å². The molecule has 0 bridgehead atoms. The molecule has 0 aromatic heterocycles. The van der Waals surface area contributed by atoms with Crippen LogP contribution in [0.4, 0.5) is 4.39 Å². The lowest BCUT2D eigenvalue weighted by Crippen LogP contribution is -2.44. The lowest BCUT2D eigenvalue weighted by molar-refractivity contribution is -0.137. The normalized spacial score (nSPS) is 14.2. The smallest absolute Gasteiger partial charge is 0.235 e. The molecule has 1 saturated carbocycles. The van der Waals surface area contributed by atoms with E-state index in [0.717, 1.165) is 11.3 Å². The molecule has 0 saturated heterocycles. The van der Waals surface area contributed by atoms with E-state index in [2.05, 4.69) is 10.6 Å². The molecule has 148 valence electrons. The predicted octanol–water partition coefficient (Wildman–Crippen LogP) is 2.63. The van der Waals surface area contributed by atoms with E-state index in [-0.39, 0.29) is 17.6 Å². The summed E-state index contributed by atoms with van der Waals surface area (Å²) in [5.74, 6) is -0.0276. The fourth-order valence-electron chi connectivity index (χ4n) is 3.25. The van der Waals surface area contributed by atoms with E-state index in [1.54, 1.807) is 25.3 Å². The van der Waals surface area contributed by atoms with Gasteiger partial charge in [0.05, 0.1) is 7.11 Å². The van der Waals surface area contributed by atoms with Crippen LogP contribution in [0, 0.1) is 11.2 Å². The maximum Gasteiger partial charge on any atom is 0.235 e. The minimum Gasteiger partial charge on any atom is -0.496 e. The topological polar surface area (TPSA) is 67.4 Å². The molecule has 1 fully saturated rings. The highest BCUT2D eigenvalue weighted by Crippen LogP contribution is 2.46. The Morgan fingerprint density at radius 1 is 0.929 bits per heavy atom. The average molecular weight is 384 g/mol. The fourth-order valence-corrected chi connectivity index (χ4v) is 3.25. The first kappa shape index (κ1) is 19.9. The molecule has 2 aromatic carbocycles. The molecule has 0 atom stereocenters. The number of carbonyl (C=O) groups excluding carboxylic acids is 2. The maximum absolute atomic E-state index is 13.6. The Morgan fingerprint density at radius 3 is 2.04 bits per heavy atom. The Balaban J connectivity index is 1.46. The first-order valence-corrected chi connectivity index (χ1v) is 9.49. The Kier molecular flexibility index (Phi) is 6.29. The highest BCUT2D eigenvalue weighted by atomic mass is 19.1. The number of carbonyl (C=O) groups is 2. The molecule has 2 N–H and O–H groups in total. The van der Waals surface area contributed by atoms with Gasteiger partial charge in [-0.2, -0.15) is 0 Å². The van der Waals surface area contributed by atoms with E-state index in [1.165, 1.54) is 6.07 Å². The van der Waals surface area contributed by atoms with Gasteiger partial charge in [0.25, 0.3) is 0 Å². The van der Waals surface area contributed by atoms with Gasteiger partial charge in [0.2, 0.25) is 11.8 Å². The second-order valence-corrected chi connectivity index (χ2v) is 7.00. The number of hydrogen-bond donors (Lipinski definition) is 2. The largest absolute Gasteiger partial charge is 0.496 e. The Hall–Kier alpha value is -2.89. The monoisotopic (exact) mass is 384 g/mol. The van der Waals surface area contributed by atoms with Crippen molar-refractivity contribution in [3.8, 4) is 5.75 Å². The second kappa shape index (κ2) is 8.87. The second-order valence-electron chi connectivity index (χ2n) is 7.00. The third-order valence-electron chi connectivity index (χ3n) is 5.13. The van der Waals surface area contributed by atoms with Crippen molar-refractivity contribution in [1.82, 2.24) is 10.6 Å². The summed E-state index contributed by atoms with van der Waals surface area (Å²) in [4.78, 5) is 25.0. The quantitative estimate of drug-likeness (QED) is 0.653. The van der Waals surface area contributed by atoms with Crippen LogP contribution in [0.25, 0.3) is 0 Å². The van der Waals surface area contributed by atoms with Crippen molar-refractivity contribution in [2.75, 3.05) is 20.2 Å². The Labute approximate surface area is 164 Å². The highest BCUT2D eigenvalue weighted by molar-refractivity contribution is 6.07. The predicted molar refractivity (Wildman–Crippen MR) is 104 cm³/mol. The van der Waals surface area contributed by atoms with Crippen LogP contribution in [-0.4, -0.2) is 32.0 Å². The molecule has 6 heteroatoms. The van der Waals surface area contributed by atoms with Crippen LogP contribution in [0.3, 0.4) is 0 Å². The fraction of sp³-hybridized carbons (Fsp3) is 0.364. The van der Waals surface area contributed by atoms with Gasteiger partial charge in [-0.1, -0.05) is 36.4 Å². The summed E-state index contributed by atoms with van der Waals surface area (Å²) in [6.07, 6.45) is 2.10. The number of hydrogen-bond acceptors (Lipinski definition) is 3. The zero-order chi connectivity index (χ0) is 20.0. The summed E-state index contributed by atoms with van der Waals surface area (Å²) < 4.78 is 18.9. The zero-order valence-corrected chi connectivity index (χ0v) is 16.0. The van der Waals surface area contributed by atoms with E-state index in [4.69, 9.17) is 4.74 Å². The van der Waals surface area contributed by atoms with Crippen LogP contribution in [0.5, 0.6) is 5.75 Å². The van der Waals surface area contributed by atoms with E-state index in [1.807, 2.05) is 24.3 Å². The summed E-state index contributed by atoms with van der Waals surface area (Å²) in [6, 6.07) is 14.1. The van der Waals surface area contributed by atoms with Gasteiger partial charge < -0.3 is 15.4 Å². The van der Waals surface area contributed by atoms with E-state index in [9.17, 15) is 14.0 Å². The number of para-hydroxylation sites is 1. The molecule has 2 aromatic rings. The third kappa shape index (κ3) is 4.50. The summed E-state index contributed by atoms with van der Waals surface area (Å²) in [6.45, 7) is 0.736. The van der Waals surface area contributed by atoms with Gasteiger partial charge >= 0.3 is 0 Å². The minimum atomic E-state index is -0.976. The van der Waals surface area contributed by atoms with Gasteiger partial charge in [0, 0.05) is 13.1 Å². The summed E-state index contributed by atoms with van der Waals surface area (Å²) in [5, 5.41) is 5.65. The summed E-state index contributed by atoms with van der Waals surface area (Å²) in [5.41, 5.74) is 0.578. The van der Waals surface area contributed by atoms with E-state index in [0.29, 0.717) is 44.3 Å². The molecule has 0 aliphatic heterocycles. The number of amides is 2.